The molecule has 0 bridgehead atoms. The molecule has 0 aliphatic rings. The van der Waals surface area contributed by atoms with Crippen molar-refractivity contribution in [1.29, 1.82) is 0 Å². The number of carbonyl (C=O) groups excluding carboxylic acids is 1. The fourth-order valence-electron chi connectivity index (χ4n) is 1.78. The van der Waals surface area contributed by atoms with Crippen molar-refractivity contribution in [3.8, 4) is 5.69 Å². The number of esters is 1. The summed E-state index contributed by atoms with van der Waals surface area (Å²) < 4.78 is 31.9. The van der Waals surface area contributed by atoms with Crippen LogP contribution in [0.1, 0.15) is 23.0 Å². The number of aromatic nitrogens is 2. The van der Waals surface area contributed by atoms with Gasteiger partial charge in [0.15, 0.2) is 11.6 Å². The zero-order valence-corrected chi connectivity index (χ0v) is 11.4. The van der Waals surface area contributed by atoms with Crippen LogP contribution in [-0.4, -0.2) is 22.9 Å². The normalized spacial score (nSPS) is 10.5. The third-order valence-electron chi connectivity index (χ3n) is 2.92. The molecule has 1 aromatic carbocycles. The van der Waals surface area contributed by atoms with Crippen molar-refractivity contribution in [2.45, 2.75) is 13.3 Å². The van der Waals surface area contributed by atoms with Gasteiger partial charge in [-0.25, -0.2) is 18.3 Å². The van der Waals surface area contributed by atoms with Crippen molar-refractivity contribution in [3.05, 3.63) is 57.5 Å². The van der Waals surface area contributed by atoms with Gasteiger partial charge in [-0.15, -0.1) is 0 Å². The van der Waals surface area contributed by atoms with E-state index in [0.717, 1.165) is 23.9 Å². The molecule has 1 aromatic heterocycles. The third-order valence-corrected chi connectivity index (χ3v) is 2.92. The fourth-order valence-corrected chi connectivity index (χ4v) is 1.78. The Morgan fingerprint density at radius 1 is 1.33 bits per heavy atom. The van der Waals surface area contributed by atoms with E-state index in [1.54, 1.807) is 6.92 Å². The molecular formula is C14H12F2N2O3. The number of hydrogen-bond acceptors (Lipinski definition) is 4. The highest BCUT2D eigenvalue weighted by atomic mass is 19.2. The predicted molar refractivity (Wildman–Crippen MR) is 70.5 cm³/mol. The molecule has 0 spiro atoms. The first-order chi connectivity index (χ1) is 9.97. The Labute approximate surface area is 118 Å². The molecule has 0 fully saturated rings. The van der Waals surface area contributed by atoms with Crippen LogP contribution < -0.4 is 5.43 Å². The summed E-state index contributed by atoms with van der Waals surface area (Å²) in [6, 6.07) is 3.15. The van der Waals surface area contributed by atoms with Gasteiger partial charge in [-0.2, -0.15) is 5.10 Å². The van der Waals surface area contributed by atoms with Crippen LogP contribution in [0, 0.1) is 11.6 Å². The molecule has 0 amide bonds. The maximum atomic E-state index is 13.3. The first-order valence-electron chi connectivity index (χ1n) is 6.14. The van der Waals surface area contributed by atoms with E-state index in [4.69, 9.17) is 0 Å². The maximum absolute atomic E-state index is 13.3. The molecule has 0 atom stereocenters. The van der Waals surface area contributed by atoms with Crippen LogP contribution in [0.5, 0.6) is 0 Å². The average Bonchev–Trinajstić information content (AvgIpc) is 2.49. The Kier molecular flexibility index (Phi) is 4.11. The van der Waals surface area contributed by atoms with Crippen molar-refractivity contribution in [1.82, 2.24) is 9.78 Å². The summed E-state index contributed by atoms with van der Waals surface area (Å²) in [5, 5.41) is 3.83. The minimum absolute atomic E-state index is 0.189. The van der Waals surface area contributed by atoms with Crippen LogP contribution in [-0.2, 0) is 11.2 Å². The first-order valence-corrected chi connectivity index (χ1v) is 6.14. The van der Waals surface area contributed by atoms with E-state index in [-0.39, 0.29) is 5.69 Å². The largest absolute Gasteiger partial charge is 0.464 e. The zero-order valence-electron chi connectivity index (χ0n) is 11.4. The minimum atomic E-state index is -1.05. The molecule has 0 saturated heterocycles. The van der Waals surface area contributed by atoms with Crippen LogP contribution >= 0.6 is 0 Å². The van der Waals surface area contributed by atoms with Crippen LogP contribution in [0.4, 0.5) is 8.78 Å². The van der Waals surface area contributed by atoms with Gasteiger partial charge >= 0.3 is 5.97 Å². The summed E-state index contributed by atoms with van der Waals surface area (Å²) in [7, 11) is 1.13. The molecule has 0 unspecified atom stereocenters. The fraction of sp³-hybridized carbons (Fsp3) is 0.214. The Hall–Kier alpha value is -2.57. The van der Waals surface area contributed by atoms with E-state index in [1.165, 1.54) is 12.3 Å². The Balaban J connectivity index is 2.66. The summed E-state index contributed by atoms with van der Waals surface area (Å²) >= 11 is 0. The maximum Gasteiger partial charge on any atom is 0.362 e. The second kappa shape index (κ2) is 5.82. The first kappa shape index (κ1) is 14.8. The number of carbonyl (C=O) groups is 1. The van der Waals surface area contributed by atoms with E-state index < -0.39 is 28.7 Å². The van der Waals surface area contributed by atoms with Gasteiger partial charge in [-0.05, 0) is 18.6 Å². The molecule has 0 N–H and O–H groups in total. The van der Waals surface area contributed by atoms with E-state index in [9.17, 15) is 18.4 Å². The van der Waals surface area contributed by atoms with E-state index in [0.29, 0.717) is 12.0 Å². The number of hydrogen-bond donors (Lipinski definition) is 0. The number of benzene rings is 1. The van der Waals surface area contributed by atoms with Crippen molar-refractivity contribution < 1.29 is 18.3 Å². The van der Waals surface area contributed by atoms with Crippen molar-refractivity contribution in [3.63, 3.8) is 0 Å². The summed E-state index contributed by atoms with van der Waals surface area (Å²) in [5.74, 6) is -2.93. The monoisotopic (exact) mass is 294 g/mol. The number of halogens is 2. The van der Waals surface area contributed by atoms with Crippen molar-refractivity contribution in [2.75, 3.05) is 7.11 Å². The molecule has 7 heteroatoms. The molecule has 2 rings (SSSR count). The average molecular weight is 294 g/mol. The Bertz CT molecular complexity index is 756. The minimum Gasteiger partial charge on any atom is -0.464 e. The van der Waals surface area contributed by atoms with Gasteiger partial charge < -0.3 is 4.74 Å². The van der Waals surface area contributed by atoms with E-state index >= 15 is 0 Å². The van der Waals surface area contributed by atoms with E-state index in [1.807, 2.05) is 0 Å². The van der Waals surface area contributed by atoms with Gasteiger partial charge in [0.25, 0.3) is 0 Å². The second-order valence-electron chi connectivity index (χ2n) is 4.22. The lowest BCUT2D eigenvalue weighted by Crippen LogP contribution is -2.25. The number of rotatable bonds is 3. The third kappa shape index (κ3) is 2.81. The van der Waals surface area contributed by atoms with Crippen molar-refractivity contribution >= 4 is 5.97 Å². The zero-order chi connectivity index (χ0) is 15.6. The van der Waals surface area contributed by atoms with Gasteiger partial charge in [0.2, 0.25) is 11.1 Å². The lowest BCUT2D eigenvalue weighted by molar-refractivity contribution is 0.0590. The molecule has 0 aliphatic carbocycles. The Morgan fingerprint density at radius 3 is 2.62 bits per heavy atom. The molecule has 21 heavy (non-hydrogen) atoms. The topological polar surface area (TPSA) is 61.2 Å². The number of methoxy groups -OCH3 is 1. The summed E-state index contributed by atoms with van der Waals surface area (Å²) in [6.45, 7) is 1.73. The lowest BCUT2D eigenvalue weighted by Gasteiger charge is -2.09. The smallest absolute Gasteiger partial charge is 0.362 e. The molecule has 2 aromatic rings. The highest BCUT2D eigenvalue weighted by Crippen LogP contribution is 2.12. The standard InChI is InChI=1S/C14H12F2N2O3/c1-3-8-7-18(9-4-5-10(15)11(16)6-9)17-12(13(8)19)14(20)21-2/h4-7H,3H2,1-2H3. The van der Waals surface area contributed by atoms with Crippen LogP contribution in [0.25, 0.3) is 5.69 Å². The van der Waals surface area contributed by atoms with Crippen LogP contribution in [0.15, 0.2) is 29.2 Å². The SMILES string of the molecule is CCc1cn(-c2ccc(F)c(F)c2)nc(C(=O)OC)c1=O. The van der Waals surface area contributed by atoms with Crippen molar-refractivity contribution in [2.24, 2.45) is 0 Å². The predicted octanol–water partition coefficient (Wildman–Crippen LogP) is 1.86. The quantitative estimate of drug-likeness (QED) is 0.811. The van der Waals surface area contributed by atoms with E-state index in [2.05, 4.69) is 9.84 Å². The van der Waals surface area contributed by atoms with Gasteiger partial charge in [0, 0.05) is 17.8 Å². The summed E-state index contributed by atoms with van der Waals surface area (Å²) in [4.78, 5) is 23.6. The molecule has 5 nitrogen and oxygen atoms in total. The molecule has 0 radical (unpaired) electrons. The summed E-state index contributed by atoms with van der Waals surface area (Å²) in [6.07, 6.45) is 1.73. The number of aryl methyl sites for hydroxylation is 1. The van der Waals surface area contributed by atoms with Crippen LogP contribution in [0.3, 0.4) is 0 Å². The Morgan fingerprint density at radius 2 is 2.05 bits per heavy atom. The molecule has 110 valence electrons. The van der Waals surface area contributed by atoms with Gasteiger partial charge in [-0.3, -0.25) is 4.79 Å². The van der Waals surface area contributed by atoms with Crippen LogP contribution in [0.2, 0.25) is 0 Å². The highest BCUT2D eigenvalue weighted by Gasteiger charge is 2.17. The molecule has 0 saturated carbocycles. The molecular weight excluding hydrogens is 282 g/mol. The highest BCUT2D eigenvalue weighted by molar-refractivity contribution is 5.87. The van der Waals surface area contributed by atoms with Gasteiger partial charge in [0.05, 0.1) is 12.8 Å². The second-order valence-corrected chi connectivity index (χ2v) is 4.22. The number of ether oxygens (including phenoxy) is 1. The van der Waals surface area contributed by atoms with Gasteiger partial charge in [-0.1, -0.05) is 6.92 Å². The lowest BCUT2D eigenvalue weighted by atomic mass is 10.2. The molecule has 1 heterocycles. The molecule has 0 aliphatic heterocycles. The number of nitrogens with zero attached hydrogens (tertiary/aromatic N) is 2. The summed E-state index contributed by atoms with van der Waals surface area (Å²) in [5.41, 5.74) is -0.436. The van der Waals surface area contributed by atoms with Gasteiger partial charge in [0.1, 0.15) is 0 Å².